The lowest BCUT2D eigenvalue weighted by Crippen LogP contribution is -2.47. The van der Waals surface area contributed by atoms with Crippen molar-refractivity contribution in [3.8, 4) is 0 Å². The number of nitrogens with zero attached hydrogens (tertiary/aromatic N) is 1. The van der Waals surface area contributed by atoms with Crippen molar-refractivity contribution in [2.75, 3.05) is 0 Å². The largest absolute Gasteiger partial charge is 0.383 e. The molecule has 2 atom stereocenters. The summed E-state index contributed by atoms with van der Waals surface area (Å²) in [6, 6.07) is 14.4. The van der Waals surface area contributed by atoms with Crippen LogP contribution in [-0.2, 0) is 21.4 Å². The Morgan fingerprint density at radius 3 is 2.23 bits per heavy atom. The predicted octanol–water partition coefficient (Wildman–Crippen LogP) is 2.69. The van der Waals surface area contributed by atoms with Gasteiger partial charge in [-0.15, -0.1) is 6.58 Å². The van der Waals surface area contributed by atoms with Crippen LogP contribution in [0.2, 0.25) is 0 Å². The van der Waals surface area contributed by atoms with Crippen LogP contribution in [0.15, 0.2) is 72.1 Å². The van der Waals surface area contributed by atoms with Gasteiger partial charge in [0.05, 0.1) is 10.9 Å². The van der Waals surface area contributed by atoms with E-state index in [4.69, 9.17) is 0 Å². The van der Waals surface area contributed by atoms with E-state index in [0.717, 1.165) is 15.4 Å². The molecule has 0 unspecified atom stereocenters. The van der Waals surface area contributed by atoms with E-state index in [1.807, 2.05) is 13.0 Å². The van der Waals surface area contributed by atoms with Gasteiger partial charge in [0.1, 0.15) is 6.10 Å². The first-order chi connectivity index (χ1) is 12.3. The molecule has 138 valence electrons. The minimum absolute atomic E-state index is 0.0120. The second-order valence-electron chi connectivity index (χ2n) is 6.13. The van der Waals surface area contributed by atoms with Crippen molar-refractivity contribution in [3.05, 3.63) is 78.4 Å². The molecule has 0 saturated heterocycles. The highest BCUT2D eigenvalue weighted by molar-refractivity contribution is 7.89. The number of hydrogen-bond acceptors (Lipinski definition) is 4. The third-order valence-electron chi connectivity index (χ3n) is 4.12. The number of rotatable bonds is 8. The van der Waals surface area contributed by atoms with Gasteiger partial charge in [0, 0.05) is 6.54 Å². The fourth-order valence-electron chi connectivity index (χ4n) is 2.60. The molecule has 0 bridgehead atoms. The van der Waals surface area contributed by atoms with Crippen molar-refractivity contribution in [2.24, 2.45) is 0 Å². The van der Waals surface area contributed by atoms with Crippen molar-refractivity contribution in [1.29, 1.82) is 0 Å². The van der Waals surface area contributed by atoms with Gasteiger partial charge < -0.3 is 5.11 Å². The van der Waals surface area contributed by atoms with Crippen LogP contribution in [0.5, 0.6) is 0 Å². The number of ketones is 1. The molecule has 2 aromatic rings. The lowest BCUT2D eigenvalue weighted by molar-refractivity contribution is -0.126. The molecule has 1 N–H and O–H groups in total. The topological polar surface area (TPSA) is 74.7 Å². The Morgan fingerprint density at radius 2 is 1.73 bits per heavy atom. The summed E-state index contributed by atoms with van der Waals surface area (Å²) in [4.78, 5) is 11.8. The molecule has 26 heavy (non-hydrogen) atoms. The highest BCUT2D eigenvalue weighted by Gasteiger charge is 2.35. The molecule has 6 heteroatoms. The summed E-state index contributed by atoms with van der Waals surface area (Å²) < 4.78 is 27.6. The van der Waals surface area contributed by atoms with Crippen LogP contribution in [-0.4, -0.2) is 35.8 Å². The van der Waals surface area contributed by atoms with Crippen LogP contribution < -0.4 is 0 Å². The van der Waals surface area contributed by atoms with Gasteiger partial charge in [-0.05, 0) is 31.5 Å². The van der Waals surface area contributed by atoms with E-state index in [-0.39, 0.29) is 11.4 Å². The van der Waals surface area contributed by atoms with Crippen LogP contribution in [0, 0.1) is 6.92 Å². The van der Waals surface area contributed by atoms with Gasteiger partial charge in [0.2, 0.25) is 10.0 Å². The van der Waals surface area contributed by atoms with Gasteiger partial charge in [-0.25, -0.2) is 8.42 Å². The van der Waals surface area contributed by atoms with E-state index < -0.39 is 28.0 Å². The van der Waals surface area contributed by atoms with Gasteiger partial charge >= 0.3 is 0 Å². The standard InChI is InChI=1S/C20H23NO4S/c1-4-19(20(23)16(3)22)21(14-17-8-6-5-7-9-17)26(24,25)18-12-10-15(2)11-13-18/h4-13,19-20,23H,1,14H2,2-3H3/t19-,20+/m0/s1. The SMILES string of the molecule is C=C[C@@H]([C@H](O)C(C)=O)N(Cc1ccccc1)S(=O)(=O)c1ccc(C)cc1. The van der Waals surface area contributed by atoms with Gasteiger partial charge in [0.25, 0.3) is 0 Å². The zero-order chi connectivity index (χ0) is 19.3. The van der Waals surface area contributed by atoms with Crippen LogP contribution >= 0.6 is 0 Å². The Hall–Kier alpha value is -2.28. The minimum Gasteiger partial charge on any atom is -0.383 e. The van der Waals surface area contributed by atoms with Gasteiger partial charge in [-0.2, -0.15) is 4.31 Å². The fraction of sp³-hybridized carbons (Fsp3) is 0.250. The predicted molar refractivity (Wildman–Crippen MR) is 101 cm³/mol. The van der Waals surface area contributed by atoms with Crippen LogP contribution in [0.25, 0.3) is 0 Å². The molecular weight excluding hydrogens is 350 g/mol. The molecule has 0 radical (unpaired) electrons. The first-order valence-electron chi connectivity index (χ1n) is 8.21. The number of carbonyl (C=O) groups is 1. The molecule has 0 saturated carbocycles. The maximum Gasteiger partial charge on any atom is 0.244 e. The molecular formula is C20H23NO4S. The number of Topliss-reactive ketones (excluding diaryl/α,β-unsaturated/α-hetero) is 1. The first-order valence-corrected chi connectivity index (χ1v) is 9.65. The van der Waals surface area contributed by atoms with Crippen molar-refractivity contribution in [2.45, 2.75) is 37.4 Å². The van der Waals surface area contributed by atoms with E-state index in [1.54, 1.807) is 36.4 Å². The summed E-state index contributed by atoms with van der Waals surface area (Å²) in [7, 11) is -3.96. The highest BCUT2D eigenvalue weighted by atomic mass is 32.2. The third-order valence-corrected chi connectivity index (χ3v) is 5.98. The molecule has 0 heterocycles. The normalized spacial score (nSPS) is 14.0. The maximum atomic E-state index is 13.2. The minimum atomic E-state index is -3.96. The lowest BCUT2D eigenvalue weighted by atomic mass is 10.1. The summed E-state index contributed by atoms with van der Waals surface area (Å²) in [5.74, 6) is -0.521. The lowest BCUT2D eigenvalue weighted by Gasteiger charge is -2.31. The fourth-order valence-corrected chi connectivity index (χ4v) is 4.20. The van der Waals surface area contributed by atoms with Gasteiger partial charge in [-0.1, -0.05) is 54.1 Å². The maximum absolute atomic E-state index is 13.2. The van der Waals surface area contributed by atoms with Crippen molar-refractivity contribution in [1.82, 2.24) is 4.31 Å². The number of carbonyl (C=O) groups excluding carboxylic acids is 1. The van der Waals surface area contributed by atoms with Crippen molar-refractivity contribution < 1.29 is 18.3 Å². The smallest absolute Gasteiger partial charge is 0.244 e. The summed E-state index contributed by atoms with van der Waals surface area (Å²) in [5.41, 5.74) is 1.67. The van der Waals surface area contributed by atoms with Crippen molar-refractivity contribution in [3.63, 3.8) is 0 Å². The molecule has 0 aliphatic carbocycles. The zero-order valence-corrected chi connectivity index (χ0v) is 15.7. The van der Waals surface area contributed by atoms with Crippen LogP contribution in [0.3, 0.4) is 0 Å². The average molecular weight is 373 g/mol. The van der Waals surface area contributed by atoms with E-state index in [9.17, 15) is 18.3 Å². The number of aliphatic hydroxyl groups is 1. The zero-order valence-electron chi connectivity index (χ0n) is 14.9. The van der Waals surface area contributed by atoms with E-state index in [0.29, 0.717) is 0 Å². The number of aliphatic hydroxyl groups excluding tert-OH is 1. The van der Waals surface area contributed by atoms with Crippen molar-refractivity contribution >= 4 is 15.8 Å². The van der Waals surface area contributed by atoms with E-state index >= 15 is 0 Å². The molecule has 5 nitrogen and oxygen atoms in total. The van der Waals surface area contributed by atoms with Gasteiger partial charge in [-0.3, -0.25) is 4.79 Å². The Bertz CT molecular complexity index is 860. The van der Waals surface area contributed by atoms with E-state index in [1.165, 1.54) is 25.1 Å². The monoisotopic (exact) mass is 373 g/mol. The summed E-state index contributed by atoms with van der Waals surface area (Å²) in [5, 5.41) is 10.3. The highest BCUT2D eigenvalue weighted by Crippen LogP contribution is 2.24. The molecule has 0 amide bonds. The quantitative estimate of drug-likeness (QED) is 0.722. The summed E-state index contributed by atoms with van der Waals surface area (Å²) >= 11 is 0. The molecule has 0 aromatic heterocycles. The Kier molecular flexibility index (Phi) is 6.47. The Labute approximate surface area is 154 Å². The first kappa shape index (κ1) is 20.0. The second-order valence-corrected chi connectivity index (χ2v) is 8.02. The summed E-state index contributed by atoms with van der Waals surface area (Å²) in [6.45, 7) is 6.73. The molecule has 0 aliphatic rings. The Morgan fingerprint density at radius 1 is 1.15 bits per heavy atom. The third kappa shape index (κ3) is 4.46. The Balaban J connectivity index is 2.52. The van der Waals surface area contributed by atoms with Crippen LogP contribution in [0.4, 0.5) is 0 Å². The van der Waals surface area contributed by atoms with Crippen LogP contribution in [0.1, 0.15) is 18.1 Å². The number of sulfonamides is 1. The molecule has 0 spiro atoms. The number of hydrogen-bond donors (Lipinski definition) is 1. The molecule has 0 fully saturated rings. The molecule has 2 rings (SSSR count). The second kappa shape index (κ2) is 8.40. The average Bonchev–Trinajstić information content (AvgIpc) is 2.62. The number of aryl methyl sites for hydroxylation is 1. The number of benzene rings is 2. The van der Waals surface area contributed by atoms with Gasteiger partial charge in [0.15, 0.2) is 5.78 Å². The molecule has 2 aromatic carbocycles. The summed E-state index contributed by atoms with van der Waals surface area (Å²) in [6.07, 6.45) is -0.197. The molecule has 0 aliphatic heterocycles. The van der Waals surface area contributed by atoms with E-state index in [2.05, 4.69) is 6.58 Å².